The largest absolute Gasteiger partial charge is 0.310 e. The van der Waals surface area contributed by atoms with E-state index in [1.54, 1.807) is 0 Å². The summed E-state index contributed by atoms with van der Waals surface area (Å²) in [6.07, 6.45) is 0. The minimum absolute atomic E-state index is 0.130. The van der Waals surface area contributed by atoms with Crippen LogP contribution in [0.15, 0.2) is 218 Å². The molecule has 0 bridgehead atoms. The molecule has 11 aromatic rings. The van der Waals surface area contributed by atoms with Crippen LogP contribution in [0.3, 0.4) is 0 Å². The smallest absolute Gasteiger partial charge is 0.0541 e. The second-order valence-electron chi connectivity index (χ2n) is 16.9. The molecular formula is C59H42N2. The lowest BCUT2D eigenvalue weighted by Gasteiger charge is -2.30. The van der Waals surface area contributed by atoms with Crippen molar-refractivity contribution in [2.45, 2.75) is 19.3 Å². The number of hydrogen-bond donors (Lipinski definition) is 0. The van der Waals surface area contributed by atoms with Crippen LogP contribution in [-0.2, 0) is 5.41 Å². The number of hydrogen-bond acceptors (Lipinski definition) is 1. The fraction of sp³-hybridized carbons (Fsp3) is 0.0508. The summed E-state index contributed by atoms with van der Waals surface area (Å²) in [4.78, 5) is 2.48. The Morgan fingerprint density at radius 1 is 0.377 bits per heavy atom. The van der Waals surface area contributed by atoms with Crippen LogP contribution >= 0.6 is 0 Å². The van der Waals surface area contributed by atoms with Gasteiger partial charge in [0.15, 0.2) is 0 Å². The lowest BCUT2D eigenvalue weighted by Crippen LogP contribution is -2.16. The molecular weight excluding hydrogens is 737 g/mol. The van der Waals surface area contributed by atoms with Gasteiger partial charge in [-0.25, -0.2) is 0 Å². The van der Waals surface area contributed by atoms with E-state index in [0.717, 1.165) is 22.7 Å². The van der Waals surface area contributed by atoms with Crippen LogP contribution < -0.4 is 4.90 Å². The van der Waals surface area contributed by atoms with Crippen LogP contribution in [-0.4, -0.2) is 4.57 Å². The van der Waals surface area contributed by atoms with Gasteiger partial charge in [0, 0.05) is 38.6 Å². The highest BCUT2D eigenvalue weighted by atomic mass is 15.1. The summed E-state index contributed by atoms with van der Waals surface area (Å²) in [5, 5.41) is 7.43. The van der Waals surface area contributed by atoms with E-state index in [-0.39, 0.29) is 5.41 Å². The Morgan fingerprint density at radius 2 is 1.00 bits per heavy atom. The Balaban J connectivity index is 1.09. The van der Waals surface area contributed by atoms with Crippen molar-refractivity contribution in [1.82, 2.24) is 4.57 Å². The number of para-hydroxylation sites is 2. The lowest BCUT2D eigenvalue weighted by atomic mass is 9.82. The predicted octanol–water partition coefficient (Wildman–Crippen LogP) is 16.2. The van der Waals surface area contributed by atoms with Crippen molar-refractivity contribution >= 4 is 60.4 Å². The highest BCUT2D eigenvalue weighted by Crippen LogP contribution is 2.52. The Kier molecular flexibility index (Phi) is 7.92. The lowest BCUT2D eigenvalue weighted by molar-refractivity contribution is 0.660. The molecule has 2 nitrogen and oxygen atoms in total. The van der Waals surface area contributed by atoms with Crippen LogP contribution in [0.4, 0.5) is 17.1 Å². The third kappa shape index (κ3) is 5.49. The van der Waals surface area contributed by atoms with Crippen LogP contribution in [0.25, 0.3) is 82.4 Å². The average Bonchev–Trinajstić information content (AvgIpc) is 3.77. The van der Waals surface area contributed by atoms with Gasteiger partial charge in [-0.1, -0.05) is 172 Å². The number of rotatable bonds is 6. The molecule has 0 saturated heterocycles. The summed E-state index contributed by atoms with van der Waals surface area (Å²) in [6, 6.07) is 80.5. The Hall–Kier alpha value is -7.68. The van der Waals surface area contributed by atoms with Crippen molar-refractivity contribution in [3.8, 4) is 39.1 Å². The van der Waals surface area contributed by atoms with Gasteiger partial charge in [-0.2, -0.15) is 0 Å². The first-order valence-electron chi connectivity index (χ1n) is 21.3. The van der Waals surface area contributed by atoms with E-state index >= 15 is 0 Å². The van der Waals surface area contributed by atoms with Crippen molar-refractivity contribution in [1.29, 1.82) is 0 Å². The van der Waals surface area contributed by atoms with Crippen molar-refractivity contribution in [3.05, 3.63) is 230 Å². The number of anilines is 3. The summed E-state index contributed by atoms with van der Waals surface area (Å²) in [7, 11) is 0. The molecule has 12 rings (SSSR count). The highest BCUT2D eigenvalue weighted by molar-refractivity contribution is 6.20. The molecule has 0 amide bonds. The molecule has 288 valence electrons. The van der Waals surface area contributed by atoms with Crippen LogP contribution in [0.1, 0.15) is 25.0 Å². The van der Waals surface area contributed by atoms with Crippen LogP contribution in [0, 0.1) is 0 Å². The first kappa shape index (κ1) is 35.3. The summed E-state index contributed by atoms with van der Waals surface area (Å²) in [5.74, 6) is 0. The molecule has 10 aromatic carbocycles. The van der Waals surface area contributed by atoms with Crippen molar-refractivity contribution in [2.24, 2.45) is 0 Å². The van der Waals surface area contributed by atoms with Gasteiger partial charge in [0.05, 0.1) is 16.7 Å². The maximum atomic E-state index is 2.48. The quantitative estimate of drug-likeness (QED) is 0.153. The molecule has 0 radical (unpaired) electrons. The fourth-order valence-electron chi connectivity index (χ4n) is 10.2. The Labute approximate surface area is 356 Å². The van der Waals surface area contributed by atoms with Gasteiger partial charge in [-0.3, -0.25) is 0 Å². The summed E-state index contributed by atoms with van der Waals surface area (Å²) in [6.45, 7) is 4.73. The fourth-order valence-corrected chi connectivity index (χ4v) is 10.2. The average molecular weight is 779 g/mol. The van der Waals surface area contributed by atoms with Gasteiger partial charge in [0.2, 0.25) is 0 Å². The molecule has 0 atom stereocenters. The van der Waals surface area contributed by atoms with E-state index in [2.05, 4.69) is 242 Å². The Bertz CT molecular complexity index is 3480. The maximum Gasteiger partial charge on any atom is 0.0541 e. The Morgan fingerprint density at radius 3 is 1.84 bits per heavy atom. The van der Waals surface area contributed by atoms with Crippen molar-refractivity contribution in [3.63, 3.8) is 0 Å². The SMILES string of the molecule is CC1(C)c2ccccc2-c2ccc(N(c3ccc(-c4ccccc4)cc3)c3ccc(-c4ccc5c(c4)c4ccccc4n5-c4ccccc4)c4c3ccc3ccccc34)cc21. The highest BCUT2D eigenvalue weighted by Gasteiger charge is 2.36. The molecule has 1 heterocycles. The minimum atomic E-state index is -0.130. The molecule has 0 unspecified atom stereocenters. The predicted molar refractivity (Wildman–Crippen MR) is 259 cm³/mol. The maximum absolute atomic E-state index is 2.48. The van der Waals surface area contributed by atoms with Crippen molar-refractivity contribution < 1.29 is 0 Å². The molecule has 0 N–H and O–H groups in total. The zero-order valence-electron chi connectivity index (χ0n) is 34.2. The molecule has 61 heavy (non-hydrogen) atoms. The number of nitrogens with zero attached hydrogens (tertiary/aromatic N) is 2. The topological polar surface area (TPSA) is 8.17 Å². The van der Waals surface area contributed by atoms with Gasteiger partial charge >= 0.3 is 0 Å². The van der Waals surface area contributed by atoms with Crippen LogP contribution in [0.5, 0.6) is 0 Å². The second-order valence-corrected chi connectivity index (χ2v) is 16.9. The molecule has 1 aromatic heterocycles. The monoisotopic (exact) mass is 778 g/mol. The first-order valence-corrected chi connectivity index (χ1v) is 21.3. The van der Waals surface area contributed by atoms with Crippen LogP contribution in [0.2, 0.25) is 0 Å². The van der Waals surface area contributed by atoms with Gasteiger partial charge in [0.25, 0.3) is 0 Å². The van der Waals surface area contributed by atoms with E-state index in [1.807, 2.05) is 0 Å². The van der Waals surface area contributed by atoms with E-state index < -0.39 is 0 Å². The van der Waals surface area contributed by atoms with Gasteiger partial charge in [-0.15, -0.1) is 0 Å². The minimum Gasteiger partial charge on any atom is -0.310 e. The molecule has 0 spiro atoms. The molecule has 2 heteroatoms. The van der Waals surface area contributed by atoms with Gasteiger partial charge < -0.3 is 9.47 Å². The van der Waals surface area contributed by atoms with Gasteiger partial charge in [-0.05, 0) is 121 Å². The van der Waals surface area contributed by atoms with Gasteiger partial charge in [0.1, 0.15) is 0 Å². The summed E-state index contributed by atoms with van der Waals surface area (Å²) in [5.41, 5.74) is 17.1. The number of aromatic nitrogens is 1. The van der Waals surface area contributed by atoms with E-state index in [0.29, 0.717) is 0 Å². The molecule has 1 aliphatic carbocycles. The summed E-state index contributed by atoms with van der Waals surface area (Å²) >= 11 is 0. The van der Waals surface area contributed by atoms with E-state index in [9.17, 15) is 0 Å². The molecule has 0 saturated carbocycles. The third-order valence-corrected chi connectivity index (χ3v) is 13.2. The zero-order chi connectivity index (χ0) is 40.7. The third-order valence-electron chi connectivity index (χ3n) is 13.2. The first-order chi connectivity index (χ1) is 30.0. The molecule has 0 fully saturated rings. The van der Waals surface area contributed by atoms with Crippen molar-refractivity contribution in [2.75, 3.05) is 4.90 Å². The number of fused-ring (bicyclic) bond motifs is 9. The molecule has 1 aliphatic rings. The zero-order valence-corrected chi connectivity index (χ0v) is 34.2. The second kappa shape index (κ2) is 13.7. The van der Waals surface area contributed by atoms with E-state index in [1.165, 1.54) is 87.9 Å². The number of benzene rings is 10. The normalized spacial score (nSPS) is 12.9. The standard InChI is InChI=1S/C59H42N2/c1-59(2)53-23-13-11-21-48(53)49-33-31-45(38-54(49)59)60(44-29-25-40(26-30-44)39-15-5-3-6-16-39)56-36-34-47(58-46-20-10-9-17-41(46)27-32-51(56)58)42-28-35-57-52(37-42)50-22-12-14-24-55(50)61(57)43-18-7-4-8-19-43/h3-38H,1-2H3. The van der Waals surface area contributed by atoms with E-state index in [4.69, 9.17) is 0 Å². The molecule has 0 aliphatic heterocycles. The summed E-state index contributed by atoms with van der Waals surface area (Å²) < 4.78 is 2.39.